The minimum atomic E-state index is -0.551. The molecule has 23 heavy (non-hydrogen) atoms. The monoisotopic (exact) mass is 317 g/mol. The van der Waals surface area contributed by atoms with Crippen LogP contribution in [0.1, 0.15) is 16.8 Å². The van der Waals surface area contributed by atoms with Crippen LogP contribution >= 0.6 is 0 Å². The Bertz CT molecular complexity index is 696. The molecule has 0 unspecified atom stereocenters. The molecule has 0 radical (unpaired) electrons. The second-order valence-corrected chi connectivity index (χ2v) is 5.17. The lowest BCUT2D eigenvalue weighted by atomic mass is 10.2. The Labute approximate surface area is 132 Å². The van der Waals surface area contributed by atoms with Crippen molar-refractivity contribution in [2.45, 2.75) is 12.5 Å². The lowest BCUT2D eigenvalue weighted by molar-refractivity contribution is 0.0770. The molecule has 0 bridgehead atoms. The molecule has 2 aromatic rings. The summed E-state index contributed by atoms with van der Waals surface area (Å²) < 4.78 is 24.3. The van der Waals surface area contributed by atoms with E-state index in [0.29, 0.717) is 31.0 Å². The topological polar surface area (TPSA) is 64.5 Å². The third-order valence-corrected chi connectivity index (χ3v) is 3.66. The Balaban J connectivity index is 1.64. The van der Waals surface area contributed by atoms with Gasteiger partial charge >= 0.3 is 0 Å². The van der Waals surface area contributed by atoms with Crippen LogP contribution in [0.3, 0.4) is 0 Å². The van der Waals surface area contributed by atoms with E-state index < -0.39 is 5.82 Å². The van der Waals surface area contributed by atoms with E-state index in [1.807, 2.05) is 0 Å². The predicted molar refractivity (Wildman–Crippen MR) is 79.9 cm³/mol. The van der Waals surface area contributed by atoms with Crippen molar-refractivity contribution in [2.75, 3.05) is 20.2 Å². The maximum absolute atomic E-state index is 13.7. The summed E-state index contributed by atoms with van der Waals surface area (Å²) in [5, 5.41) is 0. The molecule has 6 nitrogen and oxygen atoms in total. The molecule has 1 amide bonds. The number of carbonyl (C=O) groups excluding carboxylic acids is 1. The molecule has 7 heteroatoms. The molecule has 3 rings (SSSR count). The lowest BCUT2D eigenvalue weighted by Crippen LogP contribution is -2.31. The van der Waals surface area contributed by atoms with Gasteiger partial charge < -0.3 is 14.4 Å². The van der Waals surface area contributed by atoms with E-state index in [4.69, 9.17) is 9.47 Å². The minimum absolute atomic E-state index is 0.117. The average Bonchev–Trinajstić information content (AvgIpc) is 3.03. The minimum Gasteiger partial charge on any atom is -0.494 e. The van der Waals surface area contributed by atoms with Crippen molar-refractivity contribution in [3.63, 3.8) is 0 Å². The number of halogens is 1. The van der Waals surface area contributed by atoms with Gasteiger partial charge in [0.05, 0.1) is 19.9 Å². The number of carbonyl (C=O) groups is 1. The highest BCUT2D eigenvalue weighted by Crippen LogP contribution is 2.21. The molecule has 120 valence electrons. The fourth-order valence-corrected chi connectivity index (χ4v) is 2.51. The van der Waals surface area contributed by atoms with Crippen LogP contribution in [0.25, 0.3) is 0 Å². The summed E-state index contributed by atoms with van der Waals surface area (Å²) in [6, 6.07) is 4.20. The van der Waals surface area contributed by atoms with Gasteiger partial charge in [-0.3, -0.25) is 9.78 Å². The first-order valence-electron chi connectivity index (χ1n) is 7.23. The second kappa shape index (κ2) is 6.60. The lowest BCUT2D eigenvalue weighted by Gasteiger charge is -2.17. The number of hydrogen-bond donors (Lipinski definition) is 0. The van der Waals surface area contributed by atoms with Crippen LogP contribution in [0.2, 0.25) is 0 Å². The van der Waals surface area contributed by atoms with Crippen molar-refractivity contribution in [3.05, 3.63) is 48.2 Å². The highest BCUT2D eigenvalue weighted by molar-refractivity contribution is 5.94. The molecule has 2 heterocycles. The van der Waals surface area contributed by atoms with Gasteiger partial charge in [0.25, 0.3) is 5.91 Å². The number of rotatable bonds is 4. The van der Waals surface area contributed by atoms with Gasteiger partial charge in [0.1, 0.15) is 6.10 Å². The van der Waals surface area contributed by atoms with Crippen LogP contribution in [0.5, 0.6) is 11.6 Å². The van der Waals surface area contributed by atoms with Gasteiger partial charge in [0, 0.05) is 30.9 Å². The number of amides is 1. The third kappa shape index (κ3) is 3.39. The molecule has 1 aromatic carbocycles. The highest BCUT2D eigenvalue weighted by Gasteiger charge is 2.29. The zero-order valence-corrected chi connectivity index (χ0v) is 12.6. The summed E-state index contributed by atoms with van der Waals surface area (Å²) in [5.74, 6) is -0.226. The molecule has 0 N–H and O–H groups in total. The zero-order valence-electron chi connectivity index (χ0n) is 12.6. The number of aromatic nitrogens is 2. The summed E-state index contributed by atoms with van der Waals surface area (Å²) in [7, 11) is 1.38. The average molecular weight is 317 g/mol. The number of likely N-dealkylation sites (tertiary alicyclic amines) is 1. The van der Waals surface area contributed by atoms with Crippen molar-refractivity contribution in [2.24, 2.45) is 0 Å². The van der Waals surface area contributed by atoms with Crippen LogP contribution < -0.4 is 9.47 Å². The predicted octanol–water partition coefficient (Wildman–Crippen LogP) is 1.92. The van der Waals surface area contributed by atoms with Gasteiger partial charge in [-0.15, -0.1) is 0 Å². The van der Waals surface area contributed by atoms with Crippen molar-refractivity contribution in [1.82, 2.24) is 14.9 Å². The highest BCUT2D eigenvalue weighted by atomic mass is 19.1. The van der Waals surface area contributed by atoms with Gasteiger partial charge in [0.15, 0.2) is 11.6 Å². The van der Waals surface area contributed by atoms with Crippen LogP contribution in [0.15, 0.2) is 36.8 Å². The van der Waals surface area contributed by atoms with Gasteiger partial charge in [-0.1, -0.05) is 0 Å². The van der Waals surface area contributed by atoms with Gasteiger partial charge in [-0.25, -0.2) is 9.37 Å². The van der Waals surface area contributed by atoms with Gasteiger partial charge in [-0.2, -0.15) is 0 Å². The second-order valence-electron chi connectivity index (χ2n) is 5.17. The van der Waals surface area contributed by atoms with Crippen molar-refractivity contribution < 1.29 is 18.7 Å². The Morgan fingerprint density at radius 3 is 2.96 bits per heavy atom. The number of ether oxygens (including phenoxy) is 2. The van der Waals surface area contributed by atoms with E-state index in [0.717, 1.165) is 0 Å². The Morgan fingerprint density at radius 2 is 2.26 bits per heavy atom. The maximum atomic E-state index is 13.7. The zero-order chi connectivity index (χ0) is 16.2. The van der Waals surface area contributed by atoms with Gasteiger partial charge in [-0.05, 0) is 18.2 Å². The van der Waals surface area contributed by atoms with E-state index in [-0.39, 0.29) is 17.8 Å². The molecule has 1 fully saturated rings. The number of benzene rings is 1. The van der Waals surface area contributed by atoms with E-state index in [9.17, 15) is 9.18 Å². The molecule has 1 saturated heterocycles. The summed E-state index contributed by atoms with van der Waals surface area (Å²) in [6.45, 7) is 0.987. The van der Waals surface area contributed by atoms with E-state index in [1.54, 1.807) is 23.4 Å². The van der Waals surface area contributed by atoms with E-state index >= 15 is 0 Å². The molecular weight excluding hydrogens is 301 g/mol. The molecule has 0 spiro atoms. The van der Waals surface area contributed by atoms with Crippen molar-refractivity contribution >= 4 is 5.91 Å². The van der Waals surface area contributed by atoms with E-state index in [2.05, 4.69) is 9.97 Å². The Hall–Kier alpha value is -2.70. The van der Waals surface area contributed by atoms with Gasteiger partial charge in [0.2, 0.25) is 5.88 Å². The normalized spacial score (nSPS) is 17.1. The van der Waals surface area contributed by atoms with Crippen molar-refractivity contribution in [1.29, 1.82) is 0 Å². The molecule has 1 aromatic heterocycles. The molecule has 1 atom stereocenters. The number of nitrogens with zero attached hydrogens (tertiary/aromatic N) is 3. The van der Waals surface area contributed by atoms with Crippen LogP contribution in [0, 0.1) is 5.82 Å². The fraction of sp³-hybridized carbons (Fsp3) is 0.312. The first-order chi connectivity index (χ1) is 11.2. The Kier molecular flexibility index (Phi) is 4.36. The van der Waals surface area contributed by atoms with Crippen LogP contribution in [0.4, 0.5) is 4.39 Å². The smallest absolute Gasteiger partial charge is 0.254 e. The molecule has 0 aliphatic carbocycles. The number of hydrogen-bond acceptors (Lipinski definition) is 5. The summed E-state index contributed by atoms with van der Waals surface area (Å²) >= 11 is 0. The Morgan fingerprint density at radius 1 is 1.39 bits per heavy atom. The van der Waals surface area contributed by atoms with Crippen LogP contribution in [-0.2, 0) is 0 Å². The molecule has 1 aliphatic rings. The fourth-order valence-electron chi connectivity index (χ4n) is 2.51. The van der Waals surface area contributed by atoms with Crippen LogP contribution in [-0.4, -0.2) is 47.1 Å². The molecule has 1 aliphatic heterocycles. The SMILES string of the molecule is COc1ccc(C(=O)N2CC[C@H](Oc3cnccn3)C2)cc1F. The third-order valence-electron chi connectivity index (χ3n) is 3.66. The first-order valence-corrected chi connectivity index (χ1v) is 7.23. The largest absolute Gasteiger partial charge is 0.494 e. The standard InChI is InChI=1S/C16H16FN3O3/c1-22-14-3-2-11(8-13(14)17)16(21)20-7-4-12(10-20)23-15-9-18-5-6-19-15/h2-3,5-6,8-9,12H,4,7,10H2,1H3/t12-/m0/s1. The molecular formula is C16H16FN3O3. The summed E-state index contributed by atoms with van der Waals surface area (Å²) in [4.78, 5) is 22.1. The maximum Gasteiger partial charge on any atom is 0.254 e. The quantitative estimate of drug-likeness (QED) is 0.862. The van der Waals surface area contributed by atoms with Crippen molar-refractivity contribution in [3.8, 4) is 11.6 Å². The first kappa shape index (κ1) is 15.2. The summed E-state index contributed by atoms with van der Waals surface area (Å²) in [6.07, 6.45) is 5.20. The summed E-state index contributed by atoms with van der Waals surface area (Å²) in [5.41, 5.74) is 0.295. The molecule has 0 saturated carbocycles. The van der Waals surface area contributed by atoms with E-state index in [1.165, 1.54) is 25.4 Å². The number of methoxy groups -OCH3 is 1.